The molecule has 0 aliphatic rings. The summed E-state index contributed by atoms with van der Waals surface area (Å²) in [5.74, 6) is 0.194. The standard InChI is InChI=1S/C9H3N3O/c10-4-7-3-6-1-2-12-8(5-11)9(6)13-7/h1-3H. The lowest BCUT2D eigenvalue weighted by atomic mass is 10.2. The number of fused-ring (bicyclic) bond motifs is 1. The lowest BCUT2D eigenvalue weighted by molar-refractivity contribution is 0.597. The second-order valence-corrected chi connectivity index (χ2v) is 2.41. The van der Waals surface area contributed by atoms with Crippen LogP contribution in [0.15, 0.2) is 22.7 Å². The smallest absolute Gasteiger partial charge is 0.204 e. The summed E-state index contributed by atoms with van der Waals surface area (Å²) in [6.07, 6.45) is 1.51. The van der Waals surface area contributed by atoms with Gasteiger partial charge in [0.2, 0.25) is 5.76 Å². The van der Waals surface area contributed by atoms with Crippen molar-refractivity contribution in [3.05, 3.63) is 29.8 Å². The summed E-state index contributed by atoms with van der Waals surface area (Å²) in [5, 5.41) is 17.9. The Morgan fingerprint density at radius 1 is 1.31 bits per heavy atom. The van der Waals surface area contributed by atoms with Gasteiger partial charge in [0.25, 0.3) is 0 Å². The highest BCUT2D eigenvalue weighted by molar-refractivity contribution is 5.82. The second kappa shape index (κ2) is 2.62. The van der Waals surface area contributed by atoms with Gasteiger partial charge in [-0.15, -0.1) is 0 Å². The van der Waals surface area contributed by atoms with Gasteiger partial charge in [-0.05, 0) is 6.07 Å². The van der Waals surface area contributed by atoms with Crippen molar-refractivity contribution in [3.63, 3.8) is 0 Å². The molecule has 4 heteroatoms. The van der Waals surface area contributed by atoms with E-state index in [4.69, 9.17) is 14.9 Å². The van der Waals surface area contributed by atoms with Gasteiger partial charge in [0.05, 0.1) is 0 Å². The van der Waals surface area contributed by atoms with Crippen molar-refractivity contribution in [2.75, 3.05) is 0 Å². The number of nitrogens with zero attached hydrogens (tertiary/aromatic N) is 3. The molecule has 4 nitrogen and oxygen atoms in total. The Balaban J connectivity index is 2.86. The van der Waals surface area contributed by atoms with E-state index >= 15 is 0 Å². The molecule has 0 radical (unpaired) electrons. The van der Waals surface area contributed by atoms with E-state index in [0.29, 0.717) is 5.58 Å². The molecule has 0 spiro atoms. The van der Waals surface area contributed by atoms with E-state index in [1.165, 1.54) is 6.20 Å². The van der Waals surface area contributed by atoms with Gasteiger partial charge in [-0.1, -0.05) is 0 Å². The van der Waals surface area contributed by atoms with Crippen LogP contribution in [-0.2, 0) is 0 Å². The van der Waals surface area contributed by atoms with Crippen LogP contribution in [-0.4, -0.2) is 4.98 Å². The summed E-state index contributed by atoms with van der Waals surface area (Å²) < 4.78 is 5.09. The van der Waals surface area contributed by atoms with E-state index in [1.54, 1.807) is 12.1 Å². The van der Waals surface area contributed by atoms with E-state index in [2.05, 4.69) is 4.98 Å². The predicted octanol–water partition coefficient (Wildman–Crippen LogP) is 1.57. The number of aromatic nitrogens is 1. The summed E-state index contributed by atoms with van der Waals surface area (Å²) in [7, 11) is 0. The van der Waals surface area contributed by atoms with Crippen LogP contribution < -0.4 is 0 Å². The fourth-order valence-corrected chi connectivity index (χ4v) is 1.10. The largest absolute Gasteiger partial charge is 0.443 e. The van der Waals surface area contributed by atoms with Crippen LogP contribution in [0.5, 0.6) is 0 Å². The van der Waals surface area contributed by atoms with E-state index in [0.717, 1.165) is 5.39 Å². The van der Waals surface area contributed by atoms with E-state index < -0.39 is 0 Å². The number of furan rings is 1. The third-order valence-electron chi connectivity index (χ3n) is 1.65. The molecule has 2 rings (SSSR count). The van der Waals surface area contributed by atoms with Crippen LogP contribution >= 0.6 is 0 Å². The van der Waals surface area contributed by atoms with Crippen molar-refractivity contribution in [2.45, 2.75) is 0 Å². The molecule has 0 unspecified atom stereocenters. The average molecular weight is 169 g/mol. The number of rotatable bonds is 0. The van der Waals surface area contributed by atoms with Crippen molar-refractivity contribution >= 4 is 11.0 Å². The third kappa shape index (κ3) is 1.02. The number of nitriles is 2. The minimum atomic E-state index is 0.194. The first kappa shape index (κ1) is 7.33. The molecule has 0 aliphatic carbocycles. The van der Waals surface area contributed by atoms with Gasteiger partial charge in [-0.2, -0.15) is 10.5 Å². The molecule has 0 saturated carbocycles. The average Bonchev–Trinajstić information content (AvgIpc) is 2.59. The molecule has 0 bridgehead atoms. The highest BCUT2D eigenvalue weighted by Gasteiger charge is 2.07. The Kier molecular flexibility index (Phi) is 1.47. The lowest BCUT2D eigenvalue weighted by Crippen LogP contribution is -1.79. The molecule has 2 heterocycles. The van der Waals surface area contributed by atoms with Crippen molar-refractivity contribution in [1.82, 2.24) is 4.98 Å². The van der Waals surface area contributed by atoms with Crippen molar-refractivity contribution in [2.24, 2.45) is 0 Å². The zero-order chi connectivity index (χ0) is 9.26. The molecule has 0 amide bonds. The first-order chi connectivity index (χ1) is 6.35. The van der Waals surface area contributed by atoms with Gasteiger partial charge in [-0.3, -0.25) is 0 Å². The first-order valence-electron chi connectivity index (χ1n) is 3.54. The summed E-state index contributed by atoms with van der Waals surface area (Å²) >= 11 is 0. The molecule has 0 saturated heterocycles. The van der Waals surface area contributed by atoms with Crippen molar-refractivity contribution in [3.8, 4) is 12.1 Å². The molecule has 13 heavy (non-hydrogen) atoms. The molecule has 60 valence electrons. The maximum atomic E-state index is 8.66. The maximum absolute atomic E-state index is 8.66. The van der Waals surface area contributed by atoms with Gasteiger partial charge < -0.3 is 4.42 Å². The van der Waals surface area contributed by atoms with Crippen LogP contribution in [0.1, 0.15) is 11.5 Å². The molecule has 0 aliphatic heterocycles. The summed E-state index contributed by atoms with van der Waals surface area (Å²) in [6, 6.07) is 7.03. The van der Waals surface area contributed by atoms with Gasteiger partial charge in [0.15, 0.2) is 11.3 Å². The van der Waals surface area contributed by atoms with Gasteiger partial charge >= 0.3 is 0 Å². The van der Waals surface area contributed by atoms with Gasteiger partial charge in [0.1, 0.15) is 12.1 Å². The third-order valence-corrected chi connectivity index (χ3v) is 1.65. The zero-order valence-corrected chi connectivity index (χ0v) is 6.48. The Hall–Kier alpha value is -2.33. The van der Waals surface area contributed by atoms with Crippen molar-refractivity contribution in [1.29, 1.82) is 10.5 Å². The molecule has 2 aromatic rings. The lowest BCUT2D eigenvalue weighted by Gasteiger charge is -1.87. The summed E-state index contributed by atoms with van der Waals surface area (Å²) in [6.45, 7) is 0. The summed E-state index contributed by atoms with van der Waals surface area (Å²) in [5.41, 5.74) is 0.584. The van der Waals surface area contributed by atoms with Crippen LogP contribution in [0.4, 0.5) is 0 Å². The summed E-state index contributed by atoms with van der Waals surface area (Å²) in [4.78, 5) is 3.81. The number of hydrogen-bond acceptors (Lipinski definition) is 4. The fourth-order valence-electron chi connectivity index (χ4n) is 1.10. The quantitative estimate of drug-likeness (QED) is 0.599. The molecule has 0 N–H and O–H groups in total. The van der Waals surface area contributed by atoms with E-state index in [1.807, 2.05) is 12.1 Å². The molecule has 0 fully saturated rings. The predicted molar refractivity (Wildman–Crippen MR) is 43.4 cm³/mol. The number of hydrogen-bond donors (Lipinski definition) is 0. The molecule has 0 atom stereocenters. The monoisotopic (exact) mass is 169 g/mol. The molecule has 0 aromatic carbocycles. The van der Waals surface area contributed by atoms with Crippen LogP contribution in [0.3, 0.4) is 0 Å². The minimum absolute atomic E-state index is 0.194. The normalized spacial score (nSPS) is 9.38. The zero-order valence-electron chi connectivity index (χ0n) is 6.48. The van der Waals surface area contributed by atoms with Gasteiger partial charge in [-0.25, -0.2) is 4.98 Å². The highest BCUT2D eigenvalue weighted by Crippen LogP contribution is 2.20. The maximum Gasteiger partial charge on any atom is 0.204 e. The Labute approximate surface area is 73.6 Å². The Morgan fingerprint density at radius 2 is 2.15 bits per heavy atom. The van der Waals surface area contributed by atoms with Crippen LogP contribution in [0.25, 0.3) is 11.0 Å². The van der Waals surface area contributed by atoms with Crippen LogP contribution in [0, 0.1) is 22.7 Å². The van der Waals surface area contributed by atoms with E-state index in [9.17, 15) is 0 Å². The minimum Gasteiger partial charge on any atom is -0.443 e. The fraction of sp³-hybridized carbons (Fsp3) is 0. The Morgan fingerprint density at radius 3 is 2.85 bits per heavy atom. The number of pyridine rings is 1. The van der Waals surface area contributed by atoms with Gasteiger partial charge in [0, 0.05) is 17.6 Å². The Bertz CT molecular complexity index is 542. The molecule has 2 aromatic heterocycles. The second-order valence-electron chi connectivity index (χ2n) is 2.41. The van der Waals surface area contributed by atoms with Crippen LogP contribution in [0.2, 0.25) is 0 Å². The molecular formula is C9H3N3O. The topological polar surface area (TPSA) is 73.6 Å². The highest BCUT2D eigenvalue weighted by atomic mass is 16.3. The molecular weight excluding hydrogens is 166 g/mol. The first-order valence-corrected chi connectivity index (χ1v) is 3.54. The van der Waals surface area contributed by atoms with E-state index in [-0.39, 0.29) is 11.5 Å². The van der Waals surface area contributed by atoms with Crippen molar-refractivity contribution < 1.29 is 4.42 Å². The SMILES string of the molecule is N#Cc1cc2ccnc(C#N)c2o1.